The number of halogens is 1. The second-order valence-electron chi connectivity index (χ2n) is 8.05. The van der Waals surface area contributed by atoms with Crippen LogP contribution in [0.15, 0.2) is 47.4 Å². The van der Waals surface area contributed by atoms with E-state index in [1.165, 1.54) is 12.1 Å². The molecule has 1 saturated heterocycles. The largest absolute Gasteiger partial charge is 0.492 e. The molecule has 0 saturated carbocycles. The van der Waals surface area contributed by atoms with Gasteiger partial charge < -0.3 is 15.0 Å². The standard InChI is InChI=1S/C24H30N4O4S2.ClH/c1-3-32-20-9-6-10-21-22(20)26-24(33-21)28-15-13-27(14-16-28)12-11-25-23(29)18-7-5-8-19(17-18)34(30,31)4-2;/h5-10,17H,3-4,11-16H2,1-2H3,(H,25,29);1H. The number of ether oxygens (including phenoxy) is 1. The maximum absolute atomic E-state index is 12.5. The molecule has 190 valence electrons. The Labute approximate surface area is 216 Å². The first kappa shape index (κ1) is 27.2. The van der Waals surface area contributed by atoms with E-state index in [0.29, 0.717) is 18.7 Å². The quantitative estimate of drug-likeness (QED) is 0.446. The van der Waals surface area contributed by atoms with E-state index < -0.39 is 9.84 Å². The van der Waals surface area contributed by atoms with Crippen molar-refractivity contribution in [3.8, 4) is 5.75 Å². The van der Waals surface area contributed by atoms with Gasteiger partial charge in [0.25, 0.3) is 5.91 Å². The fourth-order valence-corrected chi connectivity index (χ4v) is 5.87. The zero-order valence-corrected chi connectivity index (χ0v) is 22.3. The molecule has 0 bridgehead atoms. The van der Waals surface area contributed by atoms with E-state index in [2.05, 4.69) is 21.2 Å². The molecular formula is C24H31ClN4O4S2. The summed E-state index contributed by atoms with van der Waals surface area (Å²) >= 11 is 1.69. The Morgan fingerprint density at radius 3 is 2.57 bits per heavy atom. The number of hydrogen-bond donors (Lipinski definition) is 1. The summed E-state index contributed by atoms with van der Waals surface area (Å²) in [7, 11) is -3.34. The highest BCUT2D eigenvalue weighted by Gasteiger charge is 2.21. The number of carbonyl (C=O) groups excluding carboxylic acids is 1. The number of benzene rings is 2. The first-order chi connectivity index (χ1) is 16.4. The summed E-state index contributed by atoms with van der Waals surface area (Å²) in [5.41, 5.74) is 1.28. The van der Waals surface area contributed by atoms with Gasteiger partial charge in [-0.2, -0.15) is 0 Å². The number of amides is 1. The molecule has 3 aromatic rings. The first-order valence-electron chi connectivity index (χ1n) is 11.5. The van der Waals surface area contributed by atoms with Crippen molar-refractivity contribution < 1.29 is 17.9 Å². The molecule has 1 amide bonds. The lowest BCUT2D eigenvalue weighted by molar-refractivity contribution is 0.0947. The number of para-hydroxylation sites is 1. The van der Waals surface area contributed by atoms with Crippen molar-refractivity contribution in [1.29, 1.82) is 0 Å². The molecule has 1 fully saturated rings. The van der Waals surface area contributed by atoms with Crippen molar-refractivity contribution in [1.82, 2.24) is 15.2 Å². The van der Waals surface area contributed by atoms with Crippen molar-refractivity contribution in [3.05, 3.63) is 48.0 Å². The molecule has 4 rings (SSSR count). The second kappa shape index (κ2) is 12.0. The minimum absolute atomic E-state index is 0. The van der Waals surface area contributed by atoms with Crippen molar-refractivity contribution in [2.75, 3.05) is 56.5 Å². The zero-order valence-electron chi connectivity index (χ0n) is 19.9. The van der Waals surface area contributed by atoms with Crippen LogP contribution in [-0.4, -0.2) is 75.8 Å². The summed E-state index contributed by atoms with van der Waals surface area (Å²) in [4.78, 5) is 22.1. The van der Waals surface area contributed by atoms with Crippen LogP contribution in [0.3, 0.4) is 0 Å². The third-order valence-electron chi connectivity index (χ3n) is 5.86. The number of nitrogens with zero attached hydrogens (tertiary/aromatic N) is 3. The predicted molar refractivity (Wildman–Crippen MR) is 143 cm³/mol. The summed E-state index contributed by atoms with van der Waals surface area (Å²) in [6.45, 7) is 8.93. The van der Waals surface area contributed by atoms with Crippen molar-refractivity contribution in [2.24, 2.45) is 0 Å². The lowest BCUT2D eigenvalue weighted by Gasteiger charge is -2.34. The second-order valence-corrected chi connectivity index (χ2v) is 11.3. The third-order valence-corrected chi connectivity index (χ3v) is 8.68. The van der Waals surface area contributed by atoms with Gasteiger partial charge in [0.2, 0.25) is 0 Å². The molecular weight excluding hydrogens is 508 g/mol. The summed E-state index contributed by atoms with van der Waals surface area (Å²) in [6, 6.07) is 12.3. The fraction of sp³-hybridized carbons (Fsp3) is 0.417. The highest BCUT2D eigenvalue weighted by molar-refractivity contribution is 7.91. The van der Waals surface area contributed by atoms with Crippen LogP contribution in [0.2, 0.25) is 0 Å². The number of aromatic nitrogens is 1. The monoisotopic (exact) mass is 538 g/mol. The molecule has 1 N–H and O–H groups in total. The van der Waals surface area contributed by atoms with Crippen LogP contribution in [-0.2, 0) is 9.84 Å². The third kappa shape index (κ3) is 6.43. The highest BCUT2D eigenvalue weighted by Crippen LogP contribution is 2.34. The van der Waals surface area contributed by atoms with Gasteiger partial charge in [0.15, 0.2) is 15.0 Å². The number of nitrogens with one attached hydrogen (secondary N) is 1. The number of carbonyl (C=O) groups is 1. The summed E-state index contributed by atoms with van der Waals surface area (Å²) in [5.74, 6) is 0.579. The van der Waals surface area contributed by atoms with Gasteiger partial charge in [0.1, 0.15) is 11.3 Å². The predicted octanol–water partition coefficient (Wildman–Crippen LogP) is 3.46. The van der Waals surface area contributed by atoms with Crippen LogP contribution >= 0.6 is 23.7 Å². The minimum atomic E-state index is -3.34. The summed E-state index contributed by atoms with van der Waals surface area (Å²) < 4.78 is 31.0. The van der Waals surface area contributed by atoms with Crippen LogP contribution in [0.1, 0.15) is 24.2 Å². The molecule has 0 spiro atoms. The smallest absolute Gasteiger partial charge is 0.251 e. The molecule has 1 aliphatic rings. The number of anilines is 1. The van der Waals surface area contributed by atoms with Crippen molar-refractivity contribution in [3.63, 3.8) is 0 Å². The average molecular weight is 539 g/mol. The van der Waals surface area contributed by atoms with Crippen LogP contribution in [0.5, 0.6) is 5.75 Å². The highest BCUT2D eigenvalue weighted by atomic mass is 35.5. The molecule has 0 radical (unpaired) electrons. The van der Waals surface area contributed by atoms with E-state index in [-0.39, 0.29) is 29.0 Å². The average Bonchev–Trinajstić information content (AvgIpc) is 3.30. The lowest BCUT2D eigenvalue weighted by Crippen LogP contribution is -2.48. The molecule has 2 heterocycles. The first-order valence-corrected chi connectivity index (χ1v) is 14.0. The van der Waals surface area contributed by atoms with Gasteiger partial charge in [-0.25, -0.2) is 13.4 Å². The van der Waals surface area contributed by atoms with Gasteiger partial charge in [-0.15, -0.1) is 12.4 Å². The Bertz CT molecular complexity index is 1260. The topological polar surface area (TPSA) is 91.8 Å². The van der Waals surface area contributed by atoms with Crippen LogP contribution in [0.4, 0.5) is 5.13 Å². The normalized spacial score (nSPS) is 14.5. The van der Waals surface area contributed by atoms with E-state index in [0.717, 1.165) is 53.8 Å². The number of thiazole rings is 1. The zero-order chi connectivity index (χ0) is 24.1. The van der Waals surface area contributed by atoms with Gasteiger partial charge in [0.05, 0.1) is 22.0 Å². The minimum Gasteiger partial charge on any atom is -0.492 e. The maximum Gasteiger partial charge on any atom is 0.251 e. The van der Waals surface area contributed by atoms with E-state index in [1.54, 1.807) is 30.4 Å². The molecule has 0 aliphatic carbocycles. The Morgan fingerprint density at radius 2 is 1.86 bits per heavy atom. The molecule has 35 heavy (non-hydrogen) atoms. The summed E-state index contributed by atoms with van der Waals surface area (Å²) in [6.07, 6.45) is 0. The van der Waals surface area contributed by atoms with Crippen LogP contribution in [0.25, 0.3) is 10.2 Å². The fourth-order valence-electron chi connectivity index (χ4n) is 3.91. The summed E-state index contributed by atoms with van der Waals surface area (Å²) in [5, 5.41) is 3.92. The van der Waals surface area contributed by atoms with E-state index >= 15 is 0 Å². The van der Waals surface area contributed by atoms with Gasteiger partial charge in [-0.3, -0.25) is 9.69 Å². The maximum atomic E-state index is 12.5. The molecule has 1 aromatic heterocycles. The molecule has 0 atom stereocenters. The number of piperazine rings is 1. The van der Waals surface area contributed by atoms with Gasteiger partial charge >= 0.3 is 0 Å². The number of hydrogen-bond acceptors (Lipinski definition) is 8. The van der Waals surface area contributed by atoms with Crippen LogP contribution < -0.4 is 15.0 Å². The Balaban J connectivity index is 0.00000342. The molecule has 0 unspecified atom stereocenters. The molecule has 8 nitrogen and oxygen atoms in total. The van der Waals surface area contributed by atoms with Gasteiger partial charge in [0, 0.05) is 44.8 Å². The SMILES string of the molecule is CCOc1cccc2sc(N3CCN(CCNC(=O)c4cccc(S(=O)(=O)CC)c4)CC3)nc12.Cl. The Hall–Kier alpha value is -2.40. The molecule has 11 heteroatoms. The van der Waals surface area contributed by atoms with E-state index in [4.69, 9.17) is 9.72 Å². The van der Waals surface area contributed by atoms with Gasteiger partial charge in [-0.05, 0) is 37.3 Å². The number of sulfone groups is 1. The Morgan fingerprint density at radius 1 is 1.11 bits per heavy atom. The number of fused-ring (bicyclic) bond motifs is 1. The number of rotatable bonds is 9. The van der Waals surface area contributed by atoms with Gasteiger partial charge in [-0.1, -0.05) is 30.4 Å². The van der Waals surface area contributed by atoms with Crippen molar-refractivity contribution >= 4 is 54.8 Å². The Kier molecular flexibility index (Phi) is 9.34. The molecule has 2 aromatic carbocycles. The van der Waals surface area contributed by atoms with Crippen molar-refractivity contribution in [2.45, 2.75) is 18.7 Å². The van der Waals surface area contributed by atoms with Crippen LogP contribution in [0, 0.1) is 0 Å². The lowest BCUT2D eigenvalue weighted by atomic mass is 10.2. The van der Waals surface area contributed by atoms with E-state index in [1.807, 2.05) is 19.1 Å². The molecule has 1 aliphatic heterocycles. The van der Waals surface area contributed by atoms with E-state index in [9.17, 15) is 13.2 Å².